The summed E-state index contributed by atoms with van der Waals surface area (Å²) in [7, 11) is 1.67. The SMILES string of the molecule is COc1ccc(C2CCCCN(C(=O)COc3cccnc3)C2)cc1. The van der Waals surface area contributed by atoms with Crippen molar-refractivity contribution in [3.05, 3.63) is 54.4 Å². The van der Waals surface area contributed by atoms with Crippen molar-refractivity contribution in [2.45, 2.75) is 25.2 Å². The molecule has 0 radical (unpaired) electrons. The summed E-state index contributed by atoms with van der Waals surface area (Å²) in [6, 6.07) is 11.8. The standard InChI is InChI=1S/C20H24N2O3/c1-24-18-9-7-16(8-10-18)17-5-2-3-12-22(14-17)20(23)15-25-19-6-4-11-21-13-19/h4,6-11,13,17H,2-3,5,12,14-15H2,1H3. The first-order valence-electron chi connectivity index (χ1n) is 8.71. The number of hydrogen-bond acceptors (Lipinski definition) is 4. The van der Waals surface area contributed by atoms with Gasteiger partial charge in [0.05, 0.1) is 13.3 Å². The van der Waals surface area contributed by atoms with Gasteiger partial charge >= 0.3 is 0 Å². The Labute approximate surface area is 148 Å². The van der Waals surface area contributed by atoms with E-state index in [4.69, 9.17) is 9.47 Å². The van der Waals surface area contributed by atoms with E-state index in [1.807, 2.05) is 23.1 Å². The number of carbonyl (C=O) groups excluding carboxylic acids is 1. The van der Waals surface area contributed by atoms with Crippen molar-refractivity contribution in [2.24, 2.45) is 0 Å². The smallest absolute Gasteiger partial charge is 0.260 e. The van der Waals surface area contributed by atoms with E-state index in [-0.39, 0.29) is 12.5 Å². The molecule has 2 heterocycles. The van der Waals surface area contributed by atoms with E-state index in [0.717, 1.165) is 38.1 Å². The summed E-state index contributed by atoms with van der Waals surface area (Å²) in [6.45, 7) is 1.59. The number of carbonyl (C=O) groups is 1. The van der Waals surface area contributed by atoms with Crippen LogP contribution in [-0.4, -0.2) is 42.6 Å². The molecule has 3 rings (SSSR count). The number of benzene rings is 1. The van der Waals surface area contributed by atoms with Crippen LogP contribution in [0.3, 0.4) is 0 Å². The summed E-state index contributed by atoms with van der Waals surface area (Å²) in [5.74, 6) is 1.87. The molecule has 0 spiro atoms. The summed E-state index contributed by atoms with van der Waals surface area (Å²) < 4.78 is 10.8. The molecule has 1 atom stereocenters. The van der Waals surface area contributed by atoms with Crippen LogP contribution >= 0.6 is 0 Å². The van der Waals surface area contributed by atoms with Gasteiger partial charge in [-0.2, -0.15) is 0 Å². The second kappa shape index (κ2) is 8.51. The van der Waals surface area contributed by atoms with Crippen LogP contribution in [0.25, 0.3) is 0 Å². The monoisotopic (exact) mass is 340 g/mol. The molecule has 0 N–H and O–H groups in total. The lowest BCUT2D eigenvalue weighted by Gasteiger charge is -2.25. The van der Waals surface area contributed by atoms with Crippen molar-refractivity contribution in [1.82, 2.24) is 9.88 Å². The number of likely N-dealkylation sites (tertiary alicyclic amines) is 1. The number of hydrogen-bond donors (Lipinski definition) is 0. The molecule has 5 heteroatoms. The highest BCUT2D eigenvalue weighted by atomic mass is 16.5. The minimum absolute atomic E-state index is 0.0317. The van der Waals surface area contributed by atoms with Gasteiger partial charge in [-0.15, -0.1) is 0 Å². The predicted molar refractivity (Wildman–Crippen MR) is 95.9 cm³/mol. The van der Waals surface area contributed by atoms with Crippen LogP contribution in [0.1, 0.15) is 30.7 Å². The minimum Gasteiger partial charge on any atom is -0.497 e. The lowest BCUT2D eigenvalue weighted by atomic mass is 9.94. The van der Waals surface area contributed by atoms with E-state index in [0.29, 0.717) is 11.7 Å². The molecule has 1 aromatic heterocycles. The molecule has 25 heavy (non-hydrogen) atoms. The zero-order valence-corrected chi connectivity index (χ0v) is 14.6. The van der Waals surface area contributed by atoms with Crippen molar-refractivity contribution in [3.63, 3.8) is 0 Å². The number of rotatable bonds is 5. The first-order valence-corrected chi connectivity index (χ1v) is 8.71. The number of methoxy groups -OCH3 is 1. The van der Waals surface area contributed by atoms with E-state index in [9.17, 15) is 4.79 Å². The first-order chi connectivity index (χ1) is 12.3. The number of pyridine rings is 1. The molecule has 1 amide bonds. The summed E-state index contributed by atoms with van der Waals surface area (Å²) in [5, 5.41) is 0. The topological polar surface area (TPSA) is 51.7 Å². The van der Waals surface area contributed by atoms with Gasteiger partial charge in [0.2, 0.25) is 0 Å². The van der Waals surface area contributed by atoms with Crippen LogP contribution in [0, 0.1) is 0 Å². The lowest BCUT2D eigenvalue weighted by Crippen LogP contribution is -2.37. The average molecular weight is 340 g/mol. The first kappa shape index (κ1) is 17.3. The highest BCUT2D eigenvalue weighted by molar-refractivity contribution is 5.77. The second-order valence-electron chi connectivity index (χ2n) is 6.28. The van der Waals surface area contributed by atoms with Gasteiger partial charge in [0.1, 0.15) is 11.5 Å². The molecular formula is C20H24N2O3. The van der Waals surface area contributed by atoms with Gasteiger partial charge in [-0.05, 0) is 42.7 Å². The molecule has 1 aliphatic heterocycles. The Balaban J connectivity index is 1.61. The van der Waals surface area contributed by atoms with Crippen molar-refractivity contribution in [3.8, 4) is 11.5 Å². The Kier molecular flexibility index (Phi) is 5.88. The average Bonchev–Trinajstić information content (AvgIpc) is 2.93. The lowest BCUT2D eigenvalue weighted by molar-refractivity contribution is -0.133. The molecule has 1 saturated heterocycles. The van der Waals surface area contributed by atoms with E-state index >= 15 is 0 Å². The van der Waals surface area contributed by atoms with Crippen LogP contribution in [0.5, 0.6) is 11.5 Å². The Bertz CT molecular complexity index is 673. The number of aromatic nitrogens is 1. The molecule has 2 aromatic rings. The van der Waals surface area contributed by atoms with Gasteiger partial charge in [0, 0.05) is 25.2 Å². The molecule has 1 aliphatic rings. The van der Waals surface area contributed by atoms with Crippen molar-refractivity contribution >= 4 is 5.91 Å². The molecule has 1 aromatic carbocycles. The molecule has 1 unspecified atom stereocenters. The van der Waals surface area contributed by atoms with E-state index in [2.05, 4.69) is 17.1 Å². The van der Waals surface area contributed by atoms with E-state index in [1.165, 1.54) is 5.56 Å². The van der Waals surface area contributed by atoms with Crippen LogP contribution in [0.2, 0.25) is 0 Å². The summed E-state index contributed by atoms with van der Waals surface area (Å²) in [4.78, 5) is 18.5. The Morgan fingerprint density at radius 2 is 2.04 bits per heavy atom. The largest absolute Gasteiger partial charge is 0.497 e. The molecule has 0 bridgehead atoms. The molecule has 1 fully saturated rings. The fourth-order valence-corrected chi connectivity index (χ4v) is 3.19. The van der Waals surface area contributed by atoms with Crippen LogP contribution < -0.4 is 9.47 Å². The maximum absolute atomic E-state index is 12.6. The van der Waals surface area contributed by atoms with Gasteiger partial charge in [-0.25, -0.2) is 0 Å². The Morgan fingerprint density at radius 3 is 2.76 bits per heavy atom. The summed E-state index contributed by atoms with van der Waals surface area (Å²) >= 11 is 0. The van der Waals surface area contributed by atoms with Crippen LogP contribution in [0.4, 0.5) is 0 Å². The van der Waals surface area contributed by atoms with Gasteiger partial charge in [-0.3, -0.25) is 9.78 Å². The third kappa shape index (κ3) is 4.72. The minimum atomic E-state index is 0.0317. The maximum Gasteiger partial charge on any atom is 0.260 e. The fraction of sp³-hybridized carbons (Fsp3) is 0.400. The highest BCUT2D eigenvalue weighted by Crippen LogP contribution is 2.28. The van der Waals surface area contributed by atoms with Crippen LogP contribution in [0.15, 0.2) is 48.8 Å². The van der Waals surface area contributed by atoms with E-state index in [1.54, 1.807) is 25.6 Å². The second-order valence-corrected chi connectivity index (χ2v) is 6.28. The summed E-state index contributed by atoms with van der Waals surface area (Å²) in [6.07, 6.45) is 6.56. The fourth-order valence-electron chi connectivity index (χ4n) is 3.19. The number of ether oxygens (including phenoxy) is 2. The van der Waals surface area contributed by atoms with Crippen molar-refractivity contribution in [1.29, 1.82) is 0 Å². The third-order valence-corrected chi connectivity index (χ3v) is 4.61. The molecular weight excluding hydrogens is 316 g/mol. The quantitative estimate of drug-likeness (QED) is 0.838. The Morgan fingerprint density at radius 1 is 1.20 bits per heavy atom. The van der Waals surface area contributed by atoms with Crippen molar-refractivity contribution in [2.75, 3.05) is 26.8 Å². The predicted octanol–water partition coefficient (Wildman–Crippen LogP) is 3.27. The molecule has 5 nitrogen and oxygen atoms in total. The zero-order valence-electron chi connectivity index (χ0n) is 14.6. The highest BCUT2D eigenvalue weighted by Gasteiger charge is 2.23. The Hall–Kier alpha value is -2.56. The van der Waals surface area contributed by atoms with Crippen LogP contribution in [-0.2, 0) is 4.79 Å². The molecule has 0 saturated carbocycles. The molecule has 0 aliphatic carbocycles. The maximum atomic E-state index is 12.6. The van der Waals surface area contributed by atoms with Crippen molar-refractivity contribution < 1.29 is 14.3 Å². The number of amides is 1. The number of nitrogens with zero attached hydrogens (tertiary/aromatic N) is 2. The third-order valence-electron chi connectivity index (χ3n) is 4.61. The zero-order chi connectivity index (χ0) is 17.5. The van der Waals surface area contributed by atoms with E-state index < -0.39 is 0 Å². The normalized spacial score (nSPS) is 17.6. The van der Waals surface area contributed by atoms with Gasteiger partial charge < -0.3 is 14.4 Å². The van der Waals surface area contributed by atoms with Gasteiger partial charge in [0.25, 0.3) is 5.91 Å². The summed E-state index contributed by atoms with van der Waals surface area (Å²) in [5.41, 5.74) is 1.26. The van der Waals surface area contributed by atoms with Gasteiger partial charge in [0.15, 0.2) is 6.61 Å². The molecule has 132 valence electrons. The van der Waals surface area contributed by atoms with Gasteiger partial charge in [-0.1, -0.05) is 18.6 Å².